The molecule has 18 heavy (non-hydrogen) atoms. The fourth-order valence-corrected chi connectivity index (χ4v) is 2.88. The van der Waals surface area contributed by atoms with Gasteiger partial charge in [0.2, 0.25) is 0 Å². The van der Waals surface area contributed by atoms with Crippen LogP contribution in [0.25, 0.3) is 0 Å². The summed E-state index contributed by atoms with van der Waals surface area (Å²) in [6.45, 7) is 0. The van der Waals surface area contributed by atoms with Gasteiger partial charge in [0.15, 0.2) is 0 Å². The lowest BCUT2D eigenvalue weighted by Crippen LogP contribution is -1.88. The highest BCUT2D eigenvalue weighted by Gasteiger charge is 2.10. The quantitative estimate of drug-likeness (QED) is 0.268. The minimum absolute atomic E-state index is 0.0537. The van der Waals surface area contributed by atoms with E-state index < -0.39 is 7.60 Å². The van der Waals surface area contributed by atoms with Gasteiger partial charge in [-0.3, -0.25) is 4.57 Å². The van der Waals surface area contributed by atoms with Gasteiger partial charge in [-0.15, -0.1) is 0 Å². The average molecular weight is 296 g/mol. The van der Waals surface area contributed by atoms with E-state index in [1.807, 2.05) is 0 Å². The summed E-state index contributed by atoms with van der Waals surface area (Å²) in [5.41, 5.74) is 0. The van der Waals surface area contributed by atoms with E-state index in [1.165, 1.54) is 51.4 Å². The highest BCUT2D eigenvalue weighted by molar-refractivity contribution is 7.80. The molecule has 0 amide bonds. The lowest BCUT2D eigenvalue weighted by Gasteiger charge is -2.04. The van der Waals surface area contributed by atoms with E-state index in [0.29, 0.717) is 6.42 Å². The second-order valence-corrected chi connectivity index (χ2v) is 7.22. The minimum atomic E-state index is -3.75. The Morgan fingerprint density at radius 3 is 1.33 bits per heavy atom. The Bertz CT molecular complexity index is 218. The molecule has 5 heteroatoms. The fraction of sp³-hybridized carbons (Fsp3) is 1.00. The molecule has 0 unspecified atom stereocenters. The van der Waals surface area contributed by atoms with Gasteiger partial charge in [-0.1, -0.05) is 57.8 Å². The Morgan fingerprint density at radius 1 is 0.667 bits per heavy atom. The first-order valence-corrected chi connectivity index (χ1v) is 9.65. The lowest BCUT2D eigenvalue weighted by atomic mass is 10.1. The van der Waals surface area contributed by atoms with Crippen LogP contribution in [0, 0.1) is 0 Å². The van der Waals surface area contributed by atoms with Crippen molar-refractivity contribution in [3.8, 4) is 0 Å². The van der Waals surface area contributed by atoms with Gasteiger partial charge in [0.05, 0.1) is 0 Å². The van der Waals surface area contributed by atoms with Crippen molar-refractivity contribution in [2.24, 2.45) is 0 Å². The lowest BCUT2D eigenvalue weighted by molar-refractivity contribution is 0.370. The van der Waals surface area contributed by atoms with Crippen LogP contribution in [0.3, 0.4) is 0 Å². The number of unbranched alkanes of at least 4 members (excludes halogenated alkanes) is 10. The van der Waals surface area contributed by atoms with Crippen LogP contribution in [0.1, 0.15) is 70.6 Å². The van der Waals surface area contributed by atoms with E-state index in [4.69, 9.17) is 9.79 Å². The summed E-state index contributed by atoms with van der Waals surface area (Å²) in [6.07, 6.45) is 13.1. The van der Waals surface area contributed by atoms with Gasteiger partial charge < -0.3 is 9.79 Å². The summed E-state index contributed by atoms with van der Waals surface area (Å²) in [5, 5.41) is 0. The Morgan fingerprint density at radius 2 is 1.00 bits per heavy atom. The Labute approximate surface area is 117 Å². The van der Waals surface area contributed by atoms with Gasteiger partial charge in [-0.25, -0.2) is 0 Å². The van der Waals surface area contributed by atoms with Crippen LogP contribution in [0.2, 0.25) is 0 Å². The summed E-state index contributed by atoms with van der Waals surface area (Å²) in [4.78, 5) is 17.4. The standard InChI is InChI=1S/C13H29O3PS/c14-17(15,16)12-10-8-6-4-2-1-3-5-7-9-11-13-18/h18H,1-13H2,(H2,14,15,16). The van der Waals surface area contributed by atoms with Gasteiger partial charge in [0, 0.05) is 6.16 Å². The Hall–Kier alpha value is 0.500. The van der Waals surface area contributed by atoms with Crippen LogP contribution >= 0.6 is 20.2 Å². The second-order valence-electron chi connectivity index (χ2n) is 5.00. The first kappa shape index (κ1) is 18.5. The van der Waals surface area contributed by atoms with Crippen molar-refractivity contribution in [1.82, 2.24) is 0 Å². The van der Waals surface area contributed by atoms with Crippen LogP contribution in [0.15, 0.2) is 0 Å². The van der Waals surface area contributed by atoms with E-state index in [2.05, 4.69) is 12.6 Å². The van der Waals surface area contributed by atoms with E-state index in [9.17, 15) is 4.57 Å². The molecule has 0 radical (unpaired) electrons. The molecule has 0 aromatic carbocycles. The molecule has 110 valence electrons. The number of thiol groups is 1. The fourth-order valence-electron chi connectivity index (χ4n) is 2.02. The van der Waals surface area contributed by atoms with Crippen molar-refractivity contribution in [2.45, 2.75) is 70.6 Å². The van der Waals surface area contributed by atoms with Crippen LogP contribution in [0.4, 0.5) is 0 Å². The van der Waals surface area contributed by atoms with E-state index >= 15 is 0 Å². The normalized spacial score (nSPS) is 11.9. The maximum Gasteiger partial charge on any atom is 0.325 e. The third-order valence-electron chi connectivity index (χ3n) is 3.11. The molecule has 0 spiro atoms. The molecule has 3 nitrogen and oxygen atoms in total. The number of hydrogen-bond donors (Lipinski definition) is 3. The Kier molecular flexibility index (Phi) is 12.9. The van der Waals surface area contributed by atoms with Crippen LogP contribution in [-0.2, 0) is 4.57 Å². The van der Waals surface area contributed by atoms with E-state index in [0.717, 1.165) is 18.6 Å². The minimum Gasteiger partial charge on any atom is -0.324 e. The summed E-state index contributed by atoms with van der Waals surface area (Å²) in [5.74, 6) is 1.01. The molecule has 0 bridgehead atoms. The molecule has 0 saturated heterocycles. The van der Waals surface area contributed by atoms with Crippen LogP contribution in [0.5, 0.6) is 0 Å². The predicted octanol–water partition coefficient (Wildman–Crippen LogP) is 4.39. The van der Waals surface area contributed by atoms with E-state index in [-0.39, 0.29) is 6.16 Å². The van der Waals surface area contributed by atoms with Crippen molar-refractivity contribution < 1.29 is 14.4 Å². The van der Waals surface area contributed by atoms with Crippen LogP contribution < -0.4 is 0 Å². The average Bonchev–Trinajstić information content (AvgIpc) is 2.29. The maximum absolute atomic E-state index is 10.6. The SMILES string of the molecule is O=P(O)(O)CCCCCCCCCCCCCS. The topological polar surface area (TPSA) is 57.5 Å². The molecule has 0 aromatic rings. The zero-order valence-electron chi connectivity index (χ0n) is 11.4. The molecule has 2 N–H and O–H groups in total. The first-order valence-electron chi connectivity index (χ1n) is 7.22. The van der Waals surface area contributed by atoms with Crippen molar-refractivity contribution >= 4 is 20.2 Å². The second kappa shape index (κ2) is 12.5. The molecule has 0 aliphatic rings. The first-order chi connectivity index (χ1) is 8.56. The molecule has 0 heterocycles. The number of hydrogen-bond acceptors (Lipinski definition) is 2. The molecule has 0 fully saturated rings. The molecule has 0 aromatic heterocycles. The van der Waals surface area contributed by atoms with Crippen LogP contribution in [-0.4, -0.2) is 21.7 Å². The van der Waals surface area contributed by atoms with Gasteiger partial charge in [0.25, 0.3) is 0 Å². The highest BCUT2D eigenvalue weighted by Crippen LogP contribution is 2.35. The molecule has 0 aliphatic heterocycles. The predicted molar refractivity (Wildman–Crippen MR) is 81.6 cm³/mol. The zero-order chi connectivity index (χ0) is 13.7. The highest BCUT2D eigenvalue weighted by atomic mass is 32.1. The smallest absolute Gasteiger partial charge is 0.324 e. The van der Waals surface area contributed by atoms with Crippen molar-refractivity contribution in [3.63, 3.8) is 0 Å². The summed E-state index contributed by atoms with van der Waals surface area (Å²) >= 11 is 4.19. The number of rotatable bonds is 13. The van der Waals surface area contributed by atoms with Crippen molar-refractivity contribution in [2.75, 3.05) is 11.9 Å². The molecular formula is C13H29O3PS. The summed E-state index contributed by atoms with van der Waals surface area (Å²) in [7, 11) is -3.75. The van der Waals surface area contributed by atoms with Gasteiger partial charge in [-0.05, 0) is 18.6 Å². The molecule has 0 atom stereocenters. The largest absolute Gasteiger partial charge is 0.325 e. The molecule has 0 saturated carbocycles. The third kappa shape index (κ3) is 16.5. The Balaban J connectivity index is 3.01. The zero-order valence-corrected chi connectivity index (χ0v) is 13.2. The summed E-state index contributed by atoms with van der Waals surface area (Å²) < 4.78 is 10.6. The molecule has 0 aliphatic carbocycles. The summed E-state index contributed by atoms with van der Waals surface area (Å²) in [6, 6.07) is 0. The maximum atomic E-state index is 10.6. The van der Waals surface area contributed by atoms with E-state index in [1.54, 1.807) is 0 Å². The van der Waals surface area contributed by atoms with Crippen molar-refractivity contribution in [1.29, 1.82) is 0 Å². The van der Waals surface area contributed by atoms with Gasteiger partial charge >= 0.3 is 7.60 Å². The van der Waals surface area contributed by atoms with Gasteiger partial charge in [0.1, 0.15) is 0 Å². The van der Waals surface area contributed by atoms with Crippen molar-refractivity contribution in [3.05, 3.63) is 0 Å². The monoisotopic (exact) mass is 296 g/mol. The molecular weight excluding hydrogens is 267 g/mol. The van der Waals surface area contributed by atoms with Gasteiger partial charge in [-0.2, -0.15) is 12.6 Å². The third-order valence-corrected chi connectivity index (χ3v) is 4.32. The molecule has 0 rings (SSSR count).